The van der Waals surface area contributed by atoms with Crippen LogP contribution in [-0.4, -0.2) is 60.0 Å². The van der Waals surface area contributed by atoms with Crippen molar-refractivity contribution in [3.8, 4) is 5.75 Å². The van der Waals surface area contributed by atoms with E-state index in [0.717, 1.165) is 0 Å². The molecule has 0 aliphatic carbocycles. The van der Waals surface area contributed by atoms with Crippen molar-refractivity contribution in [3.63, 3.8) is 0 Å². The van der Waals surface area contributed by atoms with Crippen molar-refractivity contribution >= 4 is 11.9 Å². The van der Waals surface area contributed by atoms with E-state index in [-0.39, 0.29) is 37.8 Å². The Kier molecular flexibility index (Phi) is 4.32. The molecule has 3 rings (SSSR count). The molecule has 1 amide bonds. The van der Waals surface area contributed by atoms with Gasteiger partial charge in [0.25, 0.3) is 5.92 Å². The summed E-state index contributed by atoms with van der Waals surface area (Å²) in [7, 11) is 1.55. The van der Waals surface area contributed by atoms with Gasteiger partial charge in [0.2, 0.25) is 11.9 Å². The third-order valence-corrected chi connectivity index (χ3v) is 4.48. The van der Waals surface area contributed by atoms with E-state index in [9.17, 15) is 13.6 Å². The normalized spacial score (nSPS) is 23.9. The van der Waals surface area contributed by atoms with Gasteiger partial charge in [-0.05, 0) is 6.42 Å². The number of nitrogens with zero attached hydrogens (tertiary/aromatic N) is 4. The van der Waals surface area contributed by atoms with Gasteiger partial charge in [0, 0.05) is 39.0 Å². The zero-order valence-electron chi connectivity index (χ0n) is 13.0. The van der Waals surface area contributed by atoms with Gasteiger partial charge in [-0.1, -0.05) is 0 Å². The molecule has 126 valence electrons. The Morgan fingerprint density at radius 1 is 1.26 bits per heavy atom. The summed E-state index contributed by atoms with van der Waals surface area (Å²) in [6.07, 6.45) is 3.39. The number of aromatic nitrogens is 2. The van der Waals surface area contributed by atoms with Crippen LogP contribution in [0.4, 0.5) is 14.7 Å². The number of halogens is 2. The Labute approximate surface area is 133 Å². The Morgan fingerprint density at radius 3 is 2.52 bits per heavy atom. The molecule has 1 aromatic rings. The van der Waals surface area contributed by atoms with Crippen LogP contribution in [0.3, 0.4) is 0 Å². The number of likely N-dealkylation sites (tertiary alicyclic amines) is 1. The molecule has 1 aromatic heterocycles. The van der Waals surface area contributed by atoms with Crippen molar-refractivity contribution in [2.75, 3.05) is 38.2 Å². The highest BCUT2D eigenvalue weighted by Gasteiger charge is 2.39. The number of ether oxygens (including phenoxy) is 1. The fraction of sp³-hybridized carbons (Fsp3) is 0.667. The largest absolute Gasteiger partial charge is 0.494 e. The van der Waals surface area contributed by atoms with Crippen LogP contribution in [0.2, 0.25) is 0 Å². The lowest BCUT2D eigenvalue weighted by Gasteiger charge is -2.33. The van der Waals surface area contributed by atoms with E-state index < -0.39 is 5.92 Å². The molecule has 0 bridgehead atoms. The first kappa shape index (κ1) is 15.9. The smallest absolute Gasteiger partial charge is 0.251 e. The molecule has 23 heavy (non-hydrogen) atoms. The molecule has 6 nitrogen and oxygen atoms in total. The Bertz CT molecular complexity index is 557. The number of anilines is 1. The van der Waals surface area contributed by atoms with Gasteiger partial charge in [-0.15, -0.1) is 0 Å². The molecule has 2 aliphatic rings. The van der Waals surface area contributed by atoms with E-state index >= 15 is 0 Å². The predicted molar refractivity (Wildman–Crippen MR) is 79.7 cm³/mol. The minimum absolute atomic E-state index is 0.0310. The summed E-state index contributed by atoms with van der Waals surface area (Å²) >= 11 is 0. The van der Waals surface area contributed by atoms with Crippen molar-refractivity contribution in [3.05, 3.63) is 12.4 Å². The molecule has 0 saturated carbocycles. The Morgan fingerprint density at radius 2 is 1.91 bits per heavy atom. The van der Waals surface area contributed by atoms with Gasteiger partial charge < -0.3 is 14.5 Å². The standard InChI is InChI=1S/C15H20F2N4O2/c1-23-12-8-18-14(19-9-12)21-5-2-11(10-21)13(22)20-6-3-15(16,17)4-7-20/h8-9,11H,2-7,10H2,1H3. The van der Waals surface area contributed by atoms with Gasteiger partial charge in [-0.3, -0.25) is 4.79 Å². The highest BCUT2D eigenvalue weighted by Crippen LogP contribution is 2.30. The number of alkyl halides is 2. The van der Waals surface area contributed by atoms with Crippen LogP contribution in [0.5, 0.6) is 5.75 Å². The van der Waals surface area contributed by atoms with Crippen LogP contribution >= 0.6 is 0 Å². The number of hydrogen-bond donors (Lipinski definition) is 0. The average molecular weight is 326 g/mol. The first-order chi connectivity index (χ1) is 11.0. The summed E-state index contributed by atoms with van der Waals surface area (Å²) in [5.74, 6) is -1.69. The van der Waals surface area contributed by atoms with Crippen LogP contribution in [0.15, 0.2) is 12.4 Å². The minimum atomic E-state index is -2.63. The number of hydrogen-bond acceptors (Lipinski definition) is 5. The lowest BCUT2D eigenvalue weighted by Crippen LogP contribution is -2.45. The van der Waals surface area contributed by atoms with Crippen LogP contribution in [0.25, 0.3) is 0 Å². The molecular formula is C15H20F2N4O2. The third-order valence-electron chi connectivity index (χ3n) is 4.48. The van der Waals surface area contributed by atoms with Crippen molar-refractivity contribution in [1.29, 1.82) is 0 Å². The second-order valence-electron chi connectivity index (χ2n) is 6.04. The first-order valence-corrected chi connectivity index (χ1v) is 7.76. The third kappa shape index (κ3) is 3.51. The predicted octanol–water partition coefficient (Wildman–Crippen LogP) is 1.57. The quantitative estimate of drug-likeness (QED) is 0.844. The number of rotatable bonds is 3. The first-order valence-electron chi connectivity index (χ1n) is 7.76. The molecule has 0 radical (unpaired) electrons. The van der Waals surface area contributed by atoms with Crippen molar-refractivity contribution in [2.45, 2.75) is 25.2 Å². The van der Waals surface area contributed by atoms with Crippen molar-refractivity contribution in [2.24, 2.45) is 5.92 Å². The van der Waals surface area contributed by atoms with Crippen LogP contribution < -0.4 is 9.64 Å². The van der Waals surface area contributed by atoms with Crippen LogP contribution in [-0.2, 0) is 4.79 Å². The number of carbonyl (C=O) groups excluding carboxylic acids is 1. The van der Waals surface area contributed by atoms with E-state index in [1.807, 2.05) is 4.90 Å². The maximum Gasteiger partial charge on any atom is 0.251 e. The number of amides is 1. The second kappa shape index (κ2) is 6.25. The molecule has 2 saturated heterocycles. The average Bonchev–Trinajstić information content (AvgIpc) is 3.04. The summed E-state index contributed by atoms with van der Waals surface area (Å²) < 4.78 is 31.4. The molecule has 0 aromatic carbocycles. The van der Waals surface area contributed by atoms with Crippen LogP contribution in [0, 0.1) is 5.92 Å². The molecule has 2 fully saturated rings. The van der Waals surface area contributed by atoms with E-state index in [1.54, 1.807) is 24.4 Å². The maximum atomic E-state index is 13.2. The zero-order chi connectivity index (χ0) is 16.4. The molecule has 1 unspecified atom stereocenters. The molecule has 2 aliphatic heterocycles. The fourth-order valence-corrected chi connectivity index (χ4v) is 3.03. The lowest BCUT2D eigenvalue weighted by molar-refractivity contribution is -0.140. The monoisotopic (exact) mass is 326 g/mol. The van der Waals surface area contributed by atoms with Crippen LogP contribution in [0.1, 0.15) is 19.3 Å². The van der Waals surface area contributed by atoms with E-state index in [1.165, 1.54) is 0 Å². The molecule has 8 heteroatoms. The summed E-state index contributed by atoms with van der Waals surface area (Å²) in [6.45, 7) is 1.49. The summed E-state index contributed by atoms with van der Waals surface area (Å²) in [6, 6.07) is 0. The Hall–Kier alpha value is -1.99. The minimum Gasteiger partial charge on any atom is -0.494 e. The molecule has 1 atom stereocenters. The molecular weight excluding hydrogens is 306 g/mol. The second-order valence-corrected chi connectivity index (χ2v) is 6.04. The van der Waals surface area contributed by atoms with Crippen molar-refractivity contribution < 1.29 is 18.3 Å². The van der Waals surface area contributed by atoms with Gasteiger partial charge in [0.15, 0.2) is 5.75 Å². The Balaban J connectivity index is 1.57. The topological polar surface area (TPSA) is 58.6 Å². The van der Waals surface area contributed by atoms with Gasteiger partial charge in [-0.2, -0.15) is 0 Å². The van der Waals surface area contributed by atoms with Gasteiger partial charge in [-0.25, -0.2) is 18.7 Å². The van der Waals surface area contributed by atoms with Gasteiger partial charge >= 0.3 is 0 Å². The molecule has 3 heterocycles. The van der Waals surface area contributed by atoms with E-state index in [2.05, 4.69) is 9.97 Å². The highest BCUT2D eigenvalue weighted by molar-refractivity contribution is 5.80. The highest BCUT2D eigenvalue weighted by atomic mass is 19.3. The molecule has 0 N–H and O–H groups in total. The number of piperidine rings is 1. The van der Waals surface area contributed by atoms with Gasteiger partial charge in [0.1, 0.15) is 0 Å². The van der Waals surface area contributed by atoms with E-state index in [0.29, 0.717) is 31.2 Å². The number of carbonyl (C=O) groups is 1. The lowest BCUT2D eigenvalue weighted by atomic mass is 10.0. The van der Waals surface area contributed by atoms with Crippen molar-refractivity contribution in [1.82, 2.24) is 14.9 Å². The van der Waals surface area contributed by atoms with E-state index in [4.69, 9.17) is 4.74 Å². The SMILES string of the molecule is COc1cnc(N2CCC(C(=O)N3CCC(F)(F)CC3)C2)nc1. The fourth-order valence-electron chi connectivity index (χ4n) is 3.03. The summed E-state index contributed by atoms with van der Waals surface area (Å²) in [5.41, 5.74) is 0. The maximum absolute atomic E-state index is 13.2. The number of methoxy groups -OCH3 is 1. The zero-order valence-corrected chi connectivity index (χ0v) is 13.0. The van der Waals surface area contributed by atoms with Gasteiger partial charge in [0.05, 0.1) is 25.4 Å². The molecule has 0 spiro atoms. The summed E-state index contributed by atoms with van der Waals surface area (Å²) in [4.78, 5) is 24.4. The summed E-state index contributed by atoms with van der Waals surface area (Å²) in [5, 5.41) is 0.